The van der Waals surface area contributed by atoms with E-state index in [1.54, 1.807) is 12.1 Å². The average molecular weight is 207 g/mol. The average Bonchev–Trinajstić information content (AvgIpc) is 2.17. The van der Waals surface area contributed by atoms with Gasteiger partial charge in [-0.05, 0) is 24.1 Å². The third-order valence-electron chi connectivity index (χ3n) is 2.12. The van der Waals surface area contributed by atoms with E-state index < -0.39 is 5.97 Å². The van der Waals surface area contributed by atoms with Crippen LogP contribution in [0.2, 0.25) is 0 Å². The number of benzene rings is 1. The summed E-state index contributed by atoms with van der Waals surface area (Å²) in [5.41, 5.74) is 1.22. The fourth-order valence-electron chi connectivity index (χ4n) is 1.38. The fraction of sp³-hybridized carbons (Fsp3) is 0.417. The van der Waals surface area contributed by atoms with Crippen molar-refractivity contribution in [2.45, 2.75) is 20.4 Å². The van der Waals surface area contributed by atoms with E-state index in [0.29, 0.717) is 18.0 Å². The van der Waals surface area contributed by atoms with Crippen molar-refractivity contribution in [2.24, 2.45) is 5.92 Å². The summed E-state index contributed by atoms with van der Waals surface area (Å²) in [5, 5.41) is 12.2. The largest absolute Gasteiger partial charge is 0.478 e. The van der Waals surface area contributed by atoms with E-state index in [9.17, 15) is 4.79 Å². The normalized spacial score (nSPS) is 10.6. The lowest BCUT2D eigenvalue weighted by Crippen LogP contribution is -2.20. The molecular formula is C12H17NO2. The van der Waals surface area contributed by atoms with Crippen LogP contribution >= 0.6 is 0 Å². The maximum absolute atomic E-state index is 10.9. The third kappa shape index (κ3) is 3.72. The minimum atomic E-state index is -0.864. The summed E-state index contributed by atoms with van der Waals surface area (Å²) < 4.78 is 0. The zero-order valence-electron chi connectivity index (χ0n) is 9.16. The molecule has 0 bridgehead atoms. The van der Waals surface area contributed by atoms with E-state index in [-0.39, 0.29) is 0 Å². The van der Waals surface area contributed by atoms with Crippen LogP contribution in [0, 0.1) is 5.92 Å². The highest BCUT2D eigenvalue weighted by molar-refractivity contribution is 5.89. The predicted molar refractivity (Wildman–Crippen MR) is 59.9 cm³/mol. The van der Waals surface area contributed by atoms with Crippen molar-refractivity contribution in [1.29, 1.82) is 0 Å². The minimum absolute atomic E-state index is 0.383. The molecule has 15 heavy (non-hydrogen) atoms. The molecule has 0 aliphatic heterocycles. The zero-order valence-corrected chi connectivity index (χ0v) is 9.16. The maximum atomic E-state index is 10.9. The highest BCUT2D eigenvalue weighted by Gasteiger charge is 2.07. The summed E-state index contributed by atoms with van der Waals surface area (Å²) in [6.45, 7) is 5.75. The molecule has 0 aromatic heterocycles. The van der Waals surface area contributed by atoms with Gasteiger partial charge in [-0.3, -0.25) is 0 Å². The van der Waals surface area contributed by atoms with Crippen LogP contribution in [0.15, 0.2) is 24.3 Å². The number of aromatic carboxylic acids is 1. The smallest absolute Gasteiger partial charge is 0.336 e. The molecule has 0 aliphatic rings. The van der Waals surface area contributed by atoms with E-state index in [1.165, 1.54) is 0 Å². The van der Waals surface area contributed by atoms with Gasteiger partial charge >= 0.3 is 5.97 Å². The topological polar surface area (TPSA) is 49.3 Å². The molecule has 0 fully saturated rings. The van der Waals surface area contributed by atoms with Crippen LogP contribution in [0.1, 0.15) is 29.8 Å². The summed E-state index contributed by atoms with van der Waals surface area (Å²) in [4.78, 5) is 10.9. The van der Waals surface area contributed by atoms with Crippen molar-refractivity contribution < 1.29 is 9.90 Å². The molecule has 3 nitrogen and oxygen atoms in total. The Balaban J connectivity index is 2.63. The van der Waals surface area contributed by atoms with Crippen molar-refractivity contribution in [3.63, 3.8) is 0 Å². The summed E-state index contributed by atoms with van der Waals surface area (Å²) in [5.74, 6) is -0.293. The number of hydrogen-bond donors (Lipinski definition) is 2. The van der Waals surface area contributed by atoms with Gasteiger partial charge < -0.3 is 10.4 Å². The van der Waals surface area contributed by atoms with Crippen LogP contribution in [0.4, 0.5) is 0 Å². The Hall–Kier alpha value is -1.35. The van der Waals surface area contributed by atoms with Gasteiger partial charge in [-0.2, -0.15) is 0 Å². The van der Waals surface area contributed by atoms with Crippen molar-refractivity contribution in [3.8, 4) is 0 Å². The number of carboxylic acid groups (broad SMARTS) is 1. The second kappa shape index (κ2) is 5.51. The molecule has 0 amide bonds. The highest BCUT2D eigenvalue weighted by Crippen LogP contribution is 2.08. The van der Waals surface area contributed by atoms with Crippen LogP contribution in [-0.2, 0) is 6.54 Å². The van der Waals surface area contributed by atoms with Gasteiger partial charge in [-0.15, -0.1) is 0 Å². The molecule has 0 heterocycles. The molecule has 0 radical (unpaired) electrons. The molecule has 0 aliphatic carbocycles. The summed E-state index contributed by atoms with van der Waals surface area (Å²) in [6, 6.07) is 7.08. The SMILES string of the molecule is CC(C)CNCc1ccccc1C(=O)O. The van der Waals surface area contributed by atoms with Crippen molar-refractivity contribution in [3.05, 3.63) is 35.4 Å². The van der Waals surface area contributed by atoms with E-state index in [0.717, 1.165) is 12.1 Å². The molecule has 2 N–H and O–H groups in total. The molecular weight excluding hydrogens is 190 g/mol. The van der Waals surface area contributed by atoms with Crippen LogP contribution < -0.4 is 5.32 Å². The Labute approximate surface area is 90.1 Å². The lowest BCUT2D eigenvalue weighted by Gasteiger charge is -2.09. The van der Waals surface area contributed by atoms with Gasteiger partial charge in [0.15, 0.2) is 0 Å². The monoisotopic (exact) mass is 207 g/mol. The van der Waals surface area contributed by atoms with Gasteiger partial charge in [-0.25, -0.2) is 4.79 Å². The second-order valence-corrected chi connectivity index (χ2v) is 3.99. The Kier molecular flexibility index (Phi) is 4.31. The molecule has 0 atom stereocenters. The molecule has 0 saturated heterocycles. The number of carboxylic acids is 1. The fourth-order valence-corrected chi connectivity index (χ4v) is 1.38. The zero-order chi connectivity index (χ0) is 11.3. The first-order chi connectivity index (χ1) is 7.11. The quantitative estimate of drug-likeness (QED) is 0.777. The molecule has 0 saturated carbocycles. The lowest BCUT2D eigenvalue weighted by molar-refractivity contribution is 0.0695. The first kappa shape index (κ1) is 11.7. The number of carbonyl (C=O) groups is 1. The van der Waals surface area contributed by atoms with Gasteiger partial charge in [-0.1, -0.05) is 32.0 Å². The molecule has 1 rings (SSSR count). The molecule has 82 valence electrons. The number of nitrogens with one attached hydrogen (secondary N) is 1. The summed E-state index contributed by atoms with van der Waals surface area (Å²) in [6.07, 6.45) is 0. The minimum Gasteiger partial charge on any atom is -0.478 e. The van der Waals surface area contributed by atoms with Crippen molar-refractivity contribution in [1.82, 2.24) is 5.32 Å². The number of hydrogen-bond acceptors (Lipinski definition) is 2. The summed E-state index contributed by atoms with van der Waals surface area (Å²) >= 11 is 0. The highest BCUT2D eigenvalue weighted by atomic mass is 16.4. The van der Waals surface area contributed by atoms with E-state index in [4.69, 9.17) is 5.11 Å². The Morgan fingerprint density at radius 3 is 2.67 bits per heavy atom. The number of rotatable bonds is 5. The Morgan fingerprint density at radius 1 is 1.40 bits per heavy atom. The lowest BCUT2D eigenvalue weighted by atomic mass is 10.1. The first-order valence-electron chi connectivity index (χ1n) is 5.13. The first-order valence-corrected chi connectivity index (χ1v) is 5.13. The van der Waals surface area contributed by atoms with Gasteiger partial charge in [0, 0.05) is 6.54 Å². The van der Waals surface area contributed by atoms with Gasteiger partial charge in [0.1, 0.15) is 0 Å². The van der Waals surface area contributed by atoms with Gasteiger partial charge in [0.25, 0.3) is 0 Å². The van der Waals surface area contributed by atoms with E-state index in [2.05, 4.69) is 19.2 Å². The van der Waals surface area contributed by atoms with E-state index in [1.807, 2.05) is 12.1 Å². The summed E-state index contributed by atoms with van der Waals surface area (Å²) in [7, 11) is 0. The van der Waals surface area contributed by atoms with Gasteiger partial charge in [0.05, 0.1) is 5.56 Å². The van der Waals surface area contributed by atoms with Crippen LogP contribution in [0.3, 0.4) is 0 Å². The second-order valence-electron chi connectivity index (χ2n) is 3.99. The van der Waals surface area contributed by atoms with Crippen LogP contribution in [-0.4, -0.2) is 17.6 Å². The standard InChI is InChI=1S/C12H17NO2/c1-9(2)7-13-8-10-5-3-4-6-11(10)12(14)15/h3-6,9,13H,7-8H2,1-2H3,(H,14,15). The van der Waals surface area contributed by atoms with Crippen LogP contribution in [0.5, 0.6) is 0 Å². The molecule has 3 heteroatoms. The molecule has 0 spiro atoms. The molecule has 1 aromatic carbocycles. The van der Waals surface area contributed by atoms with Crippen molar-refractivity contribution in [2.75, 3.05) is 6.54 Å². The predicted octanol–water partition coefficient (Wildman–Crippen LogP) is 2.13. The Bertz CT molecular complexity index is 334. The van der Waals surface area contributed by atoms with Gasteiger partial charge in [0.2, 0.25) is 0 Å². The van der Waals surface area contributed by atoms with Crippen LogP contribution in [0.25, 0.3) is 0 Å². The van der Waals surface area contributed by atoms with E-state index >= 15 is 0 Å². The Morgan fingerprint density at radius 2 is 2.07 bits per heavy atom. The third-order valence-corrected chi connectivity index (χ3v) is 2.12. The molecule has 0 unspecified atom stereocenters. The molecule has 1 aromatic rings. The maximum Gasteiger partial charge on any atom is 0.336 e. The van der Waals surface area contributed by atoms with Crippen molar-refractivity contribution >= 4 is 5.97 Å².